The number of hydrogen-bond donors (Lipinski definition) is 2. The molecule has 19 heavy (non-hydrogen) atoms. The van der Waals surface area contributed by atoms with Crippen molar-refractivity contribution in [2.45, 2.75) is 18.5 Å². The molecule has 2 rings (SSSR count). The smallest absolute Gasteiger partial charge is 0.0644 e. The molecule has 1 heterocycles. The van der Waals surface area contributed by atoms with Crippen LogP contribution in [0.3, 0.4) is 0 Å². The van der Waals surface area contributed by atoms with Crippen LogP contribution in [-0.2, 0) is 4.74 Å². The first-order valence-electron chi connectivity index (χ1n) is 6.65. The third-order valence-corrected chi connectivity index (χ3v) is 3.94. The first-order valence-corrected chi connectivity index (χ1v) is 7.03. The summed E-state index contributed by atoms with van der Waals surface area (Å²) >= 11 is 6.14. The van der Waals surface area contributed by atoms with Crippen LogP contribution in [0.15, 0.2) is 24.3 Å². The Bertz CT molecular complexity index is 403. The van der Waals surface area contributed by atoms with Crippen molar-refractivity contribution in [3.8, 4) is 0 Å². The van der Waals surface area contributed by atoms with Crippen LogP contribution in [0, 0.1) is 0 Å². The van der Waals surface area contributed by atoms with E-state index in [0.717, 1.165) is 36.7 Å². The largest absolute Gasteiger partial charge is 0.395 e. The monoisotopic (exact) mass is 284 g/mol. The van der Waals surface area contributed by atoms with E-state index in [1.807, 2.05) is 24.3 Å². The fraction of sp³-hybridized carbons (Fsp3) is 0.571. The van der Waals surface area contributed by atoms with Gasteiger partial charge in [0, 0.05) is 24.2 Å². The molecule has 2 unspecified atom stereocenters. The molecule has 1 aromatic carbocycles. The molecule has 0 aromatic heterocycles. The fourth-order valence-electron chi connectivity index (χ4n) is 2.39. The number of halogens is 1. The first kappa shape index (κ1) is 14.8. The van der Waals surface area contributed by atoms with Crippen LogP contribution in [0.25, 0.3) is 0 Å². The quantitative estimate of drug-likeness (QED) is 0.859. The summed E-state index contributed by atoms with van der Waals surface area (Å²) in [5.74, 6) is 0. The molecule has 5 heteroatoms. The molecule has 0 aliphatic carbocycles. The molecule has 0 amide bonds. The Labute approximate surface area is 119 Å². The van der Waals surface area contributed by atoms with Gasteiger partial charge < -0.3 is 15.6 Å². The van der Waals surface area contributed by atoms with Crippen molar-refractivity contribution >= 4 is 11.6 Å². The van der Waals surface area contributed by atoms with E-state index in [-0.39, 0.29) is 18.7 Å². The van der Waals surface area contributed by atoms with Gasteiger partial charge in [-0.2, -0.15) is 0 Å². The second-order valence-corrected chi connectivity index (χ2v) is 5.27. The molecule has 3 N–H and O–H groups in total. The van der Waals surface area contributed by atoms with Crippen LogP contribution >= 0.6 is 11.6 Å². The molecular weight excluding hydrogens is 264 g/mol. The maximum absolute atomic E-state index is 9.31. The molecule has 1 aliphatic rings. The van der Waals surface area contributed by atoms with Gasteiger partial charge in [-0.05, 0) is 18.1 Å². The number of morpholine rings is 1. The number of benzene rings is 1. The second-order valence-electron chi connectivity index (χ2n) is 4.86. The van der Waals surface area contributed by atoms with Crippen LogP contribution in [0.4, 0.5) is 0 Å². The summed E-state index contributed by atoms with van der Waals surface area (Å²) in [6, 6.07) is 7.70. The number of nitrogens with two attached hydrogens (primary N) is 1. The third kappa shape index (κ3) is 3.91. The molecule has 106 valence electrons. The molecule has 0 spiro atoms. The number of nitrogens with zero attached hydrogens (tertiary/aromatic N) is 1. The molecule has 0 radical (unpaired) electrons. The van der Waals surface area contributed by atoms with E-state index in [9.17, 15) is 5.11 Å². The van der Waals surface area contributed by atoms with Crippen molar-refractivity contribution in [1.29, 1.82) is 0 Å². The molecular formula is C14H21ClN2O2. The zero-order valence-electron chi connectivity index (χ0n) is 11.0. The van der Waals surface area contributed by atoms with E-state index in [4.69, 9.17) is 22.1 Å². The highest BCUT2D eigenvalue weighted by Crippen LogP contribution is 2.23. The van der Waals surface area contributed by atoms with Crippen molar-refractivity contribution in [2.24, 2.45) is 5.73 Å². The Morgan fingerprint density at radius 3 is 3.00 bits per heavy atom. The van der Waals surface area contributed by atoms with Crippen molar-refractivity contribution in [3.63, 3.8) is 0 Å². The molecule has 1 fully saturated rings. The molecule has 1 aliphatic heterocycles. The summed E-state index contributed by atoms with van der Waals surface area (Å²) < 4.78 is 5.36. The first-order chi connectivity index (χ1) is 9.22. The summed E-state index contributed by atoms with van der Waals surface area (Å²) in [6.45, 7) is 3.14. The summed E-state index contributed by atoms with van der Waals surface area (Å²) in [5.41, 5.74) is 7.18. The van der Waals surface area contributed by atoms with Gasteiger partial charge in [-0.1, -0.05) is 29.8 Å². The number of hydrogen-bond acceptors (Lipinski definition) is 4. The van der Waals surface area contributed by atoms with Gasteiger partial charge in [-0.3, -0.25) is 4.90 Å². The van der Waals surface area contributed by atoms with Gasteiger partial charge in [0.2, 0.25) is 0 Å². The van der Waals surface area contributed by atoms with Crippen LogP contribution < -0.4 is 5.73 Å². The SMILES string of the molecule is NC(CCN1CCOCC1CO)c1ccccc1Cl. The van der Waals surface area contributed by atoms with Crippen LogP contribution in [-0.4, -0.2) is 49.0 Å². The highest BCUT2D eigenvalue weighted by Gasteiger charge is 2.22. The Morgan fingerprint density at radius 1 is 1.47 bits per heavy atom. The predicted molar refractivity (Wildman–Crippen MR) is 76.3 cm³/mol. The second kappa shape index (κ2) is 7.22. The van der Waals surface area contributed by atoms with Gasteiger partial charge in [0.05, 0.1) is 25.9 Å². The van der Waals surface area contributed by atoms with Crippen molar-refractivity contribution in [2.75, 3.05) is 32.9 Å². The average molecular weight is 285 g/mol. The van der Waals surface area contributed by atoms with E-state index in [1.165, 1.54) is 0 Å². The van der Waals surface area contributed by atoms with E-state index in [2.05, 4.69) is 4.90 Å². The van der Waals surface area contributed by atoms with E-state index < -0.39 is 0 Å². The zero-order valence-corrected chi connectivity index (χ0v) is 11.7. The summed E-state index contributed by atoms with van der Waals surface area (Å²) in [7, 11) is 0. The van der Waals surface area contributed by atoms with Gasteiger partial charge in [-0.15, -0.1) is 0 Å². The van der Waals surface area contributed by atoms with Crippen LogP contribution in [0.5, 0.6) is 0 Å². The maximum Gasteiger partial charge on any atom is 0.0644 e. The number of aliphatic hydroxyl groups excluding tert-OH is 1. The van der Waals surface area contributed by atoms with Crippen molar-refractivity contribution in [3.05, 3.63) is 34.9 Å². The molecule has 2 atom stereocenters. The molecule has 0 bridgehead atoms. The zero-order chi connectivity index (χ0) is 13.7. The normalized spacial score (nSPS) is 22.4. The third-order valence-electron chi connectivity index (χ3n) is 3.59. The van der Waals surface area contributed by atoms with Gasteiger partial charge in [0.1, 0.15) is 0 Å². The van der Waals surface area contributed by atoms with Crippen LogP contribution in [0.2, 0.25) is 5.02 Å². The lowest BCUT2D eigenvalue weighted by Crippen LogP contribution is -2.48. The summed E-state index contributed by atoms with van der Waals surface area (Å²) in [4.78, 5) is 2.24. The fourth-order valence-corrected chi connectivity index (χ4v) is 2.66. The van der Waals surface area contributed by atoms with E-state index in [0.29, 0.717) is 6.61 Å². The van der Waals surface area contributed by atoms with E-state index >= 15 is 0 Å². The molecule has 0 saturated carbocycles. The number of rotatable bonds is 5. The van der Waals surface area contributed by atoms with Gasteiger partial charge >= 0.3 is 0 Å². The van der Waals surface area contributed by atoms with Crippen molar-refractivity contribution < 1.29 is 9.84 Å². The average Bonchev–Trinajstić information content (AvgIpc) is 2.45. The highest BCUT2D eigenvalue weighted by molar-refractivity contribution is 6.31. The molecule has 1 aromatic rings. The van der Waals surface area contributed by atoms with E-state index in [1.54, 1.807) is 0 Å². The topological polar surface area (TPSA) is 58.7 Å². The predicted octanol–water partition coefficient (Wildman–Crippen LogP) is 1.42. The Hall–Kier alpha value is -0.650. The highest BCUT2D eigenvalue weighted by atomic mass is 35.5. The minimum absolute atomic E-state index is 0.0733. The lowest BCUT2D eigenvalue weighted by atomic mass is 10.0. The Morgan fingerprint density at radius 2 is 2.26 bits per heavy atom. The Balaban J connectivity index is 1.89. The lowest BCUT2D eigenvalue weighted by molar-refractivity contribution is -0.0282. The number of ether oxygens (including phenoxy) is 1. The summed E-state index contributed by atoms with van der Waals surface area (Å²) in [5, 5.41) is 10.0. The van der Waals surface area contributed by atoms with Gasteiger partial charge in [0.15, 0.2) is 0 Å². The standard InChI is InChI=1S/C14H21ClN2O2/c15-13-4-2-1-3-12(13)14(16)5-6-17-7-8-19-10-11(17)9-18/h1-4,11,14,18H,5-10,16H2. The minimum Gasteiger partial charge on any atom is -0.395 e. The minimum atomic E-state index is -0.0733. The summed E-state index contributed by atoms with van der Waals surface area (Å²) in [6.07, 6.45) is 0.820. The van der Waals surface area contributed by atoms with Gasteiger partial charge in [-0.25, -0.2) is 0 Å². The van der Waals surface area contributed by atoms with Gasteiger partial charge in [0.25, 0.3) is 0 Å². The lowest BCUT2D eigenvalue weighted by Gasteiger charge is -2.35. The Kier molecular flexibility index (Phi) is 5.60. The van der Waals surface area contributed by atoms with Crippen LogP contribution in [0.1, 0.15) is 18.0 Å². The number of aliphatic hydroxyl groups is 1. The molecule has 4 nitrogen and oxygen atoms in total. The van der Waals surface area contributed by atoms with Crippen molar-refractivity contribution in [1.82, 2.24) is 4.90 Å². The molecule has 1 saturated heterocycles. The maximum atomic E-state index is 9.31.